The zero-order valence-electron chi connectivity index (χ0n) is 28.1. The molecule has 0 bridgehead atoms. The molecule has 2 amide bonds. The molecule has 16 nitrogen and oxygen atoms in total. The van der Waals surface area contributed by atoms with Gasteiger partial charge < -0.3 is 43.9 Å². The lowest BCUT2D eigenvalue weighted by atomic mass is 10.0. The van der Waals surface area contributed by atoms with Gasteiger partial charge in [0.1, 0.15) is 30.5 Å². The van der Waals surface area contributed by atoms with E-state index in [2.05, 4.69) is 41.7 Å². The van der Waals surface area contributed by atoms with Gasteiger partial charge >= 0.3 is 5.69 Å². The zero-order chi connectivity index (χ0) is 34.3. The molecule has 5 heterocycles. The van der Waals surface area contributed by atoms with Gasteiger partial charge in [-0.1, -0.05) is 20.8 Å². The maximum atomic E-state index is 13.6. The second-order valence-electron chi connectivity index (χ2n) is 13.5. The summed E-state index contributed by atoms with van der Waals surface area (Å²) in [5.74, 6) is -2.75. The third-order valence-electron chi connectivity index (χ3n) is 9.61. The summed E-state index contributed by atoms with van der Waals surface area (Å²) in [6.45, 7) is 13.2. The Kier molecular flexibility index (Phi) is 10.5. The smallest absolute Gasteiger partial charge is 0.330 e. The fraction of sp³-hybridized carbons (Fsp3) is 0.800. The predicted octanol–water partition coefficient (Wildman–Crippen LogP) is -0.570. The van der Waals surface area contributed by atoms with E-state index >= 15 is 0 Å². The summed E-state index contributed by atoms with van der Waals surface area (Å²) < 4.78 is 37.7. The van der Waals surface area contributed by atoms with Crippen molar-refractivity contribution in [2.45, 2.75) is 133 Å². The quantitative estimate of drug-likeness (QED) is 0.176. The molecule has 4 fully saturated rings. The molecule has 0 unspecified atom stereocenters. The van der Waals surface area contributed by atoms with Crippen molar-refractivity contribution in [1.29, 1.82) is 0 Å². The number of H-pyrrole nitrogens is 1. The second-order valence-corrected chi connectivity index (χ2v) is 18.2. The van der Waals surface area contributed by atoms with Gasteiger partial charge in [-0.05, 0) is 45.8 Å². The molecule has 0 saturated carbocycles. The first kappa shape index (κ1) is 35.8. The number of aromatic amines is 1. The number of hydrogen-bond donors (Lipinski definition) is 5. The van der Waals surface area contributed by atoms with Crippen molar-refractivity contribution in [3.8, 4) is 0 Å². The van der Waals surface area contributed by atoms with Crippen molar-refractivity contribution in [1.82, 2.24) is 25.5 Å². The SMILES string of the molecule is CC[Si](CC)(CC)O[C@@H]1[C@@H](O)[C@H]([C@H]2COC(C)(C)O2)N[C@@H]1C(=O)NCC(=O)NC[C@H]1O[C@@H](n2ccc(=O)[nH]c2=O)[C@@H]2OC(C)(C)O[C@@H]21. The van der Waals surface area contributed by atoms with E-state index in [4.69, 9.17) is 28.1 Å². The average molecular weight is 684 g/mol. The highest BCUT2D eigenvalue weighted by atomic mass is 28.4. The van der Waals surface area contributed by atoms with Crippen LogP contribution in [0.3, 0.4) is 0 Å². The number of carbonyl (C=O) groups is 2. The number of nitrogens with zero attached hydrogens (tertiary/aromatic N) is 1. The summed E-state index contributed by atoms with van der Waals surface area (Å²) in [7, 11) is -2.25. The van der Waals surface area contributed by atoms with E-state index in [0.29, 0.717) is 0 Å². The van der Waals surface area contributed by atoms with Crippen LogP contribution >= 0.6 is 0 Å². The van der Waals surface area contributed by atoms with E-state index in [1.165, 1.54) is 16.8 Å². The van der Waals surface area contributed by atoms with Crippen LogP contribution in [-0.4, -0.2) is 115 Å². The molecule has 264 valence electrons. The average Bonchev–Trinajstić information content (AvgIpc) is 3.73. The molecule has 4 saturated heterocycles. The van der Waals surface area contributed by atoms with Crippen molar-refractivity contribution in [2.75, 3.05) is 19.7 Å². The first-order chi connectivity index (χ1) is 22.1. The number of nitrogens with one attached hydrogen (secondary N) is 4. The summed E-state index contributed by atoms with van der Waals surface area (Å²) in [6, 6.07) is 2.16. The Morgan fingerprint density at radius 1 is 1.04 bits per heavy atom. The lowest BCUT2D eigenvalue weighted by Crippen LogP contribution is -2.54. The van der Waals surface area contributed by atoms with E-state index in [1.54, 1.807) is 27.7 Å². The summed E-state index contributed by atoms with van der Waals surface area (Å²) >= 11 is 0. The third kappa shape index (κ3) is 7.57. The zero-order valence-corrected chi connectivity index (χ0v) is 29.1. The van der Waals surface area contributed by atoms with Crippen LogP contribution in [-0.2, 0) is 37.7 Å². The number of carbonyl (C=O) groups excluding carboxylic acids is 2. The third-order valence-corrected chi connectivity index (χ3v) is 14.2. The van der Waals surface area contributed by atoms with Crippen molar-refractivity contribution >= 4 is 20.1 Å². The molecular formula is C30H49N5O11Si. The van der Waals surface area contributed by atoms with Gasteiger partial charge in [-0.25, -0.2) is 4.79 Å². The Balaban J connectivity index is 1.22. The minimum absolute atomic E-state index is 0.00451. The van der Waals surface area contributed by atoms with Gasteiger partial charge in [0.2, 0.25) is 11.8 Å². The van der Waals surface area contributed by atoms with Gasteiger partial charge in [-0.2, -0.15) is 0 Å². The molecule has 0 aromatic carbocycles. The molecule has 9 atom stereocenters. The normalized spacial score (nSPS) is 34.3. The molecule has 5 rings (SSSR count). The Bertz CT molecular complexity index is 1410. The van der Waals surface area contributed by atoms with Crippen LogP contribution in [0.4, 0.5) is 0 Å². The molecular weight excluding hydrogens is 634 g/mol. The van der Waals surface area contributed by atoms with E-state index in [9.17, 15) is 24.3 Å². The molecule has 1 aromatic rings. The number of aliphatic hydroxyl groups is 1. The highest BCUT2D eigenvalue weighted by Crippen LogP contribution is 2.42. The molecule has 4 aliphatic rings. The minimum Gasteiger partial charge on any atom is -0.409 e. The highest BCUT2D eigenvalue weighted by molar-refractivity contribution is 6.73. The number of aromatic nitrogens is 2. The Morgan fingerprint density at radius 2 is 1.72 bits per heavy atom. The molecule has 4 aliphatic heterocycles. The standard InChI is InChI=1S/C30H49N5O11Si/c1-8-47(9-2,10-3)46-24-21(34-20(22(24)38)17-15-41-29(4,5)43-17)26(39)32-14-19(37)31-13-16-23-25(45-30(6,7)44-23)27(42-16)35-12-11-18(36)33-28(35)40/h11-12,16-17,20-25,27,34,38H,8-10,13-15H2,1-7H3,(H,31,37)(H,32,39)(H,33,36,40)/t16-,17-,20+,21+,22+,23-,24+,25-,27-/m1/s1. The van der Waals surface area contributed by atoms with Crippen molar-refractivity contribution in [3.63, 3.8) is 0 Å². The first-order valence-corrected chi connectivity index (χ1v) is 18.9. The molecule has 17 heteroatoms. The molecule has 0 spiro atoms. The largest absolute Gasteiger partial charge is 0.409 e. The Morgan fingerprint density at radius 3 is 2.34 bits per heavy atom. The number of fused-ring (bicyclic) bond motifs is 1. The van der Waals surface area contributed by atoms with Gasteiger partial charge in [0, 0.05) is 18.8 Å². The Labute approximate surface area is 274 Å². The van der Waals surface area contributed by atoms with E-state index in [0.717, 1.165) is 18.1 Å². The summed E-state index contributed by atoms with van der Waals surface area (Å²) in [4.78, 5) is 52.8. The number of amides is 2. The number of hydrogen-bond acceptors (Lipinski definition) is 12. The van der Waals surface area contributed by atoms with Crippen LogP contribution in [0.2, 0.25) is 18.1 Å². The molecule has 0 radical (unpaired) electrons. The molecule has 5 N–H and O–H groups in total. The predicted molar refractivity (Wildman–Crippen MR) is 169 cm³/mol. The van der Waals surface area contributed by atoms with Gasteiger partial charge in [0.15, 0.2) is 26.1 Å². The summed E-state index contributed by atoms with van der Waals surface area (Å²) in [6.07, 6.45) is -3.92. The number of ether oxygens (including phenoxy) is 5. The van der Waals surface area contributed by atoms with Crippen molar-refractivity contribution < 1.29 is 42.8 Å². The minimum atomic E-state index is -2.25. The van der Waals surface area contributed by atoms with Gasteiger partial charge in [-0.3, -0.25) is 29.3 Å². The topological polar surface area (TPSA) is 201 Å². The maximum Gasteiger partial charge on any atom is 0.330 e. The lowest BCUT2D eigenvalue weighted by molar-refractivity contribution is -0.196. The van der Waals surface area contributed by atoms with E-state index in [-0.39, 0.29) is 19.7 Å². The van der Waals surface area contributed by atoms with Gasteiger partial charge in [0.05, 0.1) is 31.4 Å². The molecule has 47 heavy (non-hydrogen) atoms. The van der Waals surface area contributed by atoms with E-state index < -0.39 is 97.9 Å². The van der Waals surface area contributed by atoms with Crippen LogP contribution in [0.25, 0.3) is 0 Å². The van der Waals surface area contributed by atoms with Crippen LogP contribution in [0.15, 0.2) is 21.9 Å². The van der Waals surface area contributed by atoms with Crippen molar-refractivity contribution in [2.24, 2.45) is 0 Å². The van der Waals surface area contributed by atoms with Crippen LogP contribution in [0.5, 0.6) is 0 Å². The highest BCUT2D eigenvalue weighted by Gasteiger charge is 2.56. The summed E-state index contributed by atoms with van der Waals surface area (Å²) in [5.41, 5.74) is -1.21. The fourth-order valence-corrected chi connectivity index (χ4v) is 9.76. The number of aliphatic hydroxyl groups excluding tert-OH is 1. The van der Waals surface area contributed by atoms with Crippen molar-refractivity contribution in [3.05, 3.63) is 33.1 Å². The number of rotatable bonds is 12. The maximum absolute atomic E-state index is 13.6. The lowest BCUT2D eigenvalue weighted by Gasteiger charge is -2.35. The first-order valence-electron chi connectivity index (χ1n) is 16.4. The van der Waals surface area contributed by atoms with Crippen LogP contribution < -0.4 is 27.2 Å². The molecule has 0 aliphatic carbocycles. The Hall–Kier alpha value is -2.48. The second kappa shape index (κ2) is 13.8. The molecule has 1 aromatic heterocycles. The van der Waals surface area contributed by atoms with Gasteiger partial charge in [0.25, 0.3) is 5.56 Å². The van der Waals surface area contributed by atoms with Crippen LogP contribution in [0, 0.1) is 0 Å². The summed E-state index contributed by atoms with van der Waals surface area (Å²) in [5, 5.41) is 20.1. The van der Waals surface area contributed by atoms with Crippen LogP contribution in [0.1, 0.15) is 54.7 Å². The monoisotopic (exact) mass is 683 g/mol. The van der Waals surface area contributed by atoms with Gasteiger partial charge in [-0.15, -0.1) is 0 Å². The van der Waals surface area contributed by atoms with E-state index in [1.807, 2.05) is 0 Å². The fourth-order valence-electron chi connectivity index (χ4n) is 6.90.